The fourth-order valence-electron chi connectivity index (χ4n) is 1.99. The van der Waals surface area contributed by atoms with E-state index in [0.29, 0.717) is 16.8 Å². The number of benzene rings is 2. The molecule has 0 atom stereocenters. The summed E-state index contributed by atoms with van der Waals surface area (Å²) in [7, 11) is 0. The van der Waals surface area contributed by atoms with Crippen LogP contribution >= 0.6 is 15.9 Å². The summed E-state index contributed by atoms with van der Waals surface area (Å²) in [4.78, 5) is 23.3. The van der Waals surface area contributed by atoms with Gasteiger partial charge in [0.2, 0.25) is 0 Å². The number of hydrogen-bond donors (Lipinski definition) is 1. The maximum Gasteiger partial charge on any atom is 0.336 e. The zero-order valence-corrected chi connectivity index (χ0v) is 12.4. The number of amides is 1. The number of fused-ring (bicyclic) bond motifs is 1. The second-order valence-electron chi connectivity index (χ2n) is 4.44. The molecule has 1 amide bonds. The van der Waals surface area contributed by atoms with Crippen molar-refractivity contribution in [1.82, 2.24) is 0 Å². The third-order valence-electron chi connectivity index (χ3n) is 3.00. The Kier molecular flexibility index (Phi) is 3.58. The van der Waals surface area contributed by atoms with Gasteiger partial charge in [-0.25, -0.2) is 4.79 Å². The molecule has 1 heterocycles. The van der Waals surface area contributed by atoms with Gasteiger partial charge in [0.15, 0.2) is 0 Å². The molecule has 3 aromatic rings. The summed E-state index contributed by atoms with van der Waals surface area (Å²) in [5.74, 6) is -0.209. The molecule has 2 aromatic carbocycles. The molecule has 5 heteroatoms. The monoisotopic (exact) mass is 343 g/mol. The van der Waals surface area contributed by atoms with Crippen LogP contribution in [-0.4, -0.2) is 5.91 Å². The van der Waals surface area contributed by atoms with Gasteiger partial charge in [0, 0.05) is 21.6 Å². The van der Waals surface area contributed by atoms with Crippen molar-refractivity contribution >= 4 is 38.5 Å². The van der Waals surface area contributed by atoms with Gasteiger partial charge in [0.25, 0.3) is 5.91 Å². The van der Waals surface area contributed by atoms with Crippen LogP contribution in [0.25, 0.3) is 11.0 Å². The lowest BCUT2D eigenvalue weighted by molar-refractivity contribution is 0.102. The Morgan fingerprint density at radius 2 is 1.86 bits per heavy atom. The minimum absolute atomic E-state index is 0.209. The lowest BCUT2D eigenvalue weighted by Crippen LogP contribution is -2.12. The van der Waals surface area contributed by atoms with Gasteiger partial charge in [0.1, 0.15) is 5.58 Å². The minimum Gasteiger partial charge on any atom is -0.423 e. The summed E-state index contributed by atoms with van der Waals surface area (Å²) in [6.45, 7) is 0. The lowest BCUT2D eigenvalue weighted by Gasteiger charge is -2.07. The first-order valence-electron chi connectivity index (χ1n) is 6.23. The highest BCUT2D eigenvalue weighted by Gasteiger charge is 2.09. The fourth-order valence-corrected chi connectivity index (χ4v) is 2.46. The van der Waals surface area contributed by atoms with Crippen LogP contribution in [0.3, 0.4) is 0 Å². The normalized spacial score (nSPS) is 10.5. The second-order valence-corrected chi connectivity index (χ2v) is 5.30. The molecule has 3 rings (SSSR count). The van der Waals surface area contributed by atoms with E-state index in [1.54, 1.807) is 36.4 Å². The molecule has 0 saturated carbocycles. The zero-order chi connectivity index (χ0) is 14.8. The molecular formula is C16H10BrNO3. The largest absolute Gasteiger partial charge is 0.423 e. The van der Waals surface area contributed by atoms with Crippen LogP contribution in [0.5, 0.6) is 0 Å². The molecule has 0 aliphatic heterocycles. The van der Waals surface area contributed by atoms with Gasteiger partial charge in [-0.05, 0) is 52.3 Å². The molecule has 0 fully saturated rings. The topological polar surface area (TPSA) is 59.3 Å². The first-order chi connectivity index (χ1) is 10.1. The summed E-state index contributed by atoms with van der Waals surface area (Å²) in [6.07, 6.45) is 0. The SMILES string of the molecule is O=C(Nc1ccc2oc(=O)ccc2c1)c1ccccc1Br. The molecule has 0 radical (unpaired) electrons. The zero-order valence-electron chi connectivity index (χ0n) is 10.8. The van der Waals surface area contributed by atoms with Gasteiger partial charge in [-0.3, -0.25) is 4.79 Å². The molecule has 21 heavy (non-hydrogen) atoms. The van der Waals surface area contributed by atoms with E-state index in [4.69, 9.17) is 4.42 Å². The summed E-state index contributed by atoms with van der Waals surface area (Å²) in [6, 6.07) is 15.3. The Balaban J connectivity index is 1.91. The van der Waals surface area contributed by atoms with Gasteiger partial charge >= 0.3 is 5.63 Å². The minimum atomic E-state index is -0.396. The standard InChI is InChI=1S/C16H10BrNO3/c17-13-4-2-1-3-12(13)16(20)18-11-6-7-14-10(9-11)5-8-15(19)21-14/h1-9H,(H,18,20). The third-order valence-corrected chi connectivity index (χ3v) is 3.69. The van der Waals surface area contributed by atoms with E-state index in [9.17, 15) is 9.59 Å². The van der Waals surface area contributed by atoms with Crippen molar-refractivity contribution in [2.75, 3.05) is 5.32 Å². The number of hydrogen-bond acceptors (Lipinski definition) is 3. The van der Waals surface area contributed by atoms with Crippen LogP contribution in [0.15, 0.2) is 68.3 Å². The quantitative estimate of drug-likeness (QED) is 0.719. The van der Waals surface area contributed by atoms with E-state index in [0.717, 1.165) is 9.86 Å². The molecule has 0 saturated heterocycles. The Labute approximate surface area is 128 Å². The van der Waals surface area contributed by atoms with Crippen molar-refractivity contribution in [2.24, 2.45) is 0 Å². The average Bonchev–Trinajstić information content (AvgIpc) is 2.48. The predicted octanol–water partition coefficient (Wildman–Crippen LogP) is 3.81. The Bertz CT molecular complexity index is 886. The molecule has 0 aliphatic carbocycles. The van der Waals surface area contributed by atoms with Gasteiger partial charge in [-0.15, -0.1) is 0 Å². The van der Waals surface area contributed by atoms with Gasteiger partial charge in [-0.1, -0.05) is 12.1 Å². The third kappa shape index (κ3) is 2.87. The van der Waals surface area contributed by atoms with Crippen molar-refractivity contribution in [3.63, 3.8) is 0 Å². The molecular weight excluding hydrogens is 334 g/mol. The second kappa shape index (κ2) is 5.54. The number of nitrogens with one attached hydrogen (secondary N) is 1. The van der Waals surface area contributed by atoms with Crippen molar-refractivity contribution < 1.29 is 9.21 Å². The van der Waals surface area contributed by atoms with Gasteiger partial charge in [0.05, 0.1) is 5.56 Å². The van der Waals surface area contributed by atoms with E-state index >= 15 is 0 Å². The van der Waals surface area contributed by atoms with E-state index in [1.807, 2.05) is 12.1 Å². The average molecular weight is 344 g/mol. The lowest BCUT2D eigenvalue weighted by atomic mass is 10.2. The fraction of sp³-hybridized carbons (Fsp3) is 0. The van der Waals surface area contributed by atoms with Crippen LogP contribution in [0, 0.1) is 0 Å². The molecule has 0 spiro atoms. The number of carbonyl (C=O) groups is 1. The highest BCUT2D eigenvalue weighted by atomic mass is 79.9. The maximum atomic E-state index is 12.2. The summed E-state index contributed by atoms with van der Waals surface area (Å²) < 4.78 is 5.78. The summed E-state index contributed by atoms with van der Waals surface area (Å²) in [5, 5.41) is 3.57. The summed E-state index contributed by atoms with van der Waals surface area (Å²) >= 11 is 3.35. The highest BCUT2D eigenvalue weighted by Crippen LogP contribution is 2.20. The van der Waals surface area contributed by atoms with Crippen LogP contribution in [0.2, 0.25) is 0 Å². The number of carbonyl (C=O) groups excluding carboxylic acids is 1. The van der Waals surface area contributed by atoms with Gasteiger partial charge in [-0.2, -0.15) is 0 Å². The van der Waals surface area contributed by atoms with Crippen molar-refractivity contribution in [3.05, 3.63) is 75.1 Å². The van der Waals surface area contributed by atoms with E-state index in [1.165, 1.54) is 6.07 Å². The highest BCUT2D eigenvalue weighted by molar-refractivity contribution is 9.10. The smallest absolute Gasteiger partial charge is 0.336 e. The number of halogens is 1. The Hall–Kier alpha value is -2.40. The van der Waals surface area contributed by atoms with Crippen LogP contribution in [0.1, 0.15) is 10.4 Å². The number of rotatable bonds is 2. The first-order valence-corrected chi connectivity index (χ1v) is 7.02. The van der Waals surface area contributed by atoms with Crippen molar-refractivity contribution in [3.8, 4) is 0 Å². The molecule has 0 aliphatic rings. The number of anilines is 1. The predicted molar refractivity (Wildman–Crippen MR) is 84.6 cm³/mol. The molecule has 0 unspecified atom stereocenters. The maximum absolute atomic E-state index is 12.2. The van der Waals surface area contributed by atoms with Crippen LogP contribution in [-0.2, 0) is 0 Å². The van der Waals surface area contributed by atoms with E-state index in [2.05, 4.69) is 21.2 Å². The molecule has 1 N–H and O–H groups in total. The van der Waals surface area contributed by atoms with Crippen LogP contribution < -0.4 is 10.9 Å². The molecule has 104 valence electrons. The Morgan fingerprint density at radius 3 is 2.67 bits per heavy atom. The Morgan fingerprint density at radius 1 is 1.05 bits per heavy atom. The molecule has 4 nitrogen and oxygen atoms in total. The summed E-state index contributed by atoms with van der Waals surface area (Å²) in [5.41, 5.74) is 1.28. The van der Waals surface area contributed by atoms with Gasteiger partial charge < -0.3 is 9.73 Å². The van der Waals surface area contributed by atoms with Crippen molar-refractivity contribution in [1.29, 1.82) is 0 Å². The van der Waals surface area contributed by atoms with E-state index in [-0.39, 0.29) is 5.91 Å². The first kappa shape index (κ1) is 13.6. The molecule has 1 aromatic heterocycles. The molecule has 0 bridgehead atoms. The van der Waals surface area contributed by atoms with E-state index < -0.39 is 5.63 Å². The van der Waals surface area contributed by atoms with Crippen LogP contribution in [0.4, 0.5) is 5.69 Å². The van der Waals surface area contributed by atoms with Crippen molar-refractivity contribution in [2.45, 2.75) is 0 Å².